The Bertz CT molecular complexity index is 1490. The number of benzene rings is 2. The zero-order chi connectivity index (χ0) is 25.3. The first-order valence-electron chi connectivity index (χ1n) is 11.5. The topological polar surface area (TPSA) is 100 Å². The average Bonchev–Trinajstić information content (AvgIpc) is 3.31. The number of hydrogen-bond acceptors (Lipinski definition) is 6. The summed E-state index contributed by atoms with van der Waals surface area (Å²) in [5.74, 6) is 0.0790. The van der Waals surface area contributed by atoms with Gasteiger partial charge in [0.05, 0.1) is 10.4 Å². The van der Waals surface area contributed by atoms with Gasteiger partial charge in [0.15, 0.2) is 0 Å². The molecular weight excluding hydrogens is 500 g/mol. The van der Waals surface area contributed by atoms with E-state index in [9.17, 15) is 13.2 Å². The van der Waals surface area contributed by atoms with Gasteiger partial charge in [-0.05, 0) is 60.8 Å². The van der Waals surface area contributed by atoms with Gasteiger partial charge in [-0.15, -0.1) is 0 Å². The molecule has 0 aliphatic carbocycles. The Kier molecular flexibility index (Phi) is 6.55. The third kappa shape index (κ3) is 4.87. The van der Waals surface area contributed by atoms with Gasteiger partial charge in [-0.3, -0.25) is 4.79 Å². The minimum Gasteiger partial charge on any atom is -0.368 e. The standard InChI is InChI=1S/C25H25ClN6O3S.H2/c1-18(32-12-9-19-3-4-20(26)17-23(19)32)24(33)31-15-13-30(14-16-31)21-5-7-22(8-6-21)36(34,35)29-25-27-10-2-11-28-25;/h2-12,17-18H,13-16H2,1H3,(H,27,28,29);1H/t18-;/m0./s1. The van der Waals surface area contributed by atoms with Gasteiger partial charge >= 0.3 is 0 Å². The van der Waals surface area contributed by atoms with E-state index >= 15 is 0 Å². The van der Waals surface area contributed by atoms with Crippen molar-refractivity contribution in [2.45, 2.75) is 17.9 Å². The number of aromatic nitrogens is 3. The molecule has 36 heavy (non-hydrogen) atoms. The van der Waals surface area contributed by atoms with E-state index in [-0.39, 0.29) is 24.2 Å². The van der Waals surface area contributed by atoms with Crippen LogP contribution in [0.15, 0.2) is 78.1 Å². The molecule has 0 unspecified atom stereocenters. The predicted molar refractivity (Wildman–Crippen MR) is 142 cm³/mol. The minimum absolute atomic E-state index is 0. The van der Waals surface area contributed by atoms with E-state index in [2.05, 4.69) is 19.6 Å². The zero-order valence-electron chi connectivity index (χ0n) is 19.6. The molecule has 3 heterocycles. The average molecular weight is 527 g/mol. The minimum atomic E-state index is -3.79. The number of sulfonamides is 1. The fourth-order valence-corrected chi connectivity index (χ4v) is 5.52. The maximum atomic E-state index is 13.2. The van der Waals surface area contributed by atoms with E-state index in [0.717, 1.165) is 16.6 Å². The highest BCUT2D eigenvalue weighted by Gasteiger charge is 2.27. The maximum Gasteiger partial charge on any atom is 0.264 e. The number of hydrogen-bond donors (Lipinski definition) is 1. The van der Waals surface area contributed by atoms with E-state index < -0.39 is 10.0 Å². The van der Waals surface area contributed by atoms with Crippen LogP contribution in [0.4, 0.5) is 11.6 Å². The summed E-state index contributed by atoms with van der Waals surface area (Å²) in [5, 5.41) is 1.68. The Balaban J connectivity index is 0.00000320. The van der Waals surface area contributed by atoms with Crippen LogP contribution in [0.2, 0.25) is 5.02 Å². The summed E-state index contributed by atoms with van der Waals surface area (Å²) in [4.78, 5) is 25.2. The molecule has 2 aromatic carbocycles. The van der Waals surface area contributed by atoms with E-state index in [1.165, 1.54) is 12.4 Å². The van der Waals surface area contributed by atoms with Gasteiger partial charge in [0.1, 0.15) is 6.04 Å². The second-order valence-corrected chi connectivity index (χ2v) is 10.7. The number of halogens is 1. The molecule has 188 valence electrons. The number of piperazine rings is 1. The summed E-state index contributed by atoms with van der Waals surface area (Å²) >= 11 is 6.17. The van der Waals surface area contributed by atoms with E-state index in [4.69, 9.17) is 11.6 Å². The maximum absolute atomic E-state index is 13.2. The molecular formula is C25H27ClN6O3S. The monoisotopic (exact) mass is 526 g/mol. The van der Waals surface area contributed by atoms with Crippen molar-refractivity contribution in [2.75, 3.05) is 35.8 Å². The van der Waals surface area contributed by atoms with Crippen molar-refractivity contribution in [3.8, 4) is 0 Å². The van der Waals surface area contributed by atoms with Crippen LogP contribution >= 0.6 is 11.6 Å². The molecule has 1 atom stereocenters. The summed E-state index contributed by atoms with van der Waals surface area (Å²) in [6.45, 7) is 4.37. The van der Waals surface area contributed by atoms with Crippen molar-refractivity contribution in [1.82, 2.24) is 19.4 Å². The molecule has 2 aromatic heterocycles. The Morgan fingerprint density at radius 2 is 1.72 bits per heavy atom. The Hall–Kier alpha value is -3.63. The fourth-order valence-electron chi connectivity index (χ4n) is 4.40. The largest absolute Gasteiger partial charge is 0.368 e. The van der Waals surface area contributed by atoms with Crippen LogP contribution in [0.3, 0.4) is 0 Å². The summed E-state index contributed by atoms with van der Waals surface area (Å²) in [7, 11) is -3.79. The second-order valence-electron chi connectivity index (χ2n) is 8.59. The van der Waals surface area contributed by atoms with Crippen LogP contribution in [0.1, 0.15) is 14.4 Å². The molecule has 11 heteroatoms. The summed E-state index contributed by atoms with van der Waals surface area (Å²) in [6.07, 6.45) is 4.86. The van der Waals surface area contributed by atoms with Crippen molar-refractivity contribution >= 4 is 50.1 Å². The summed E-state index contributed by atoms with van der Waals surface area (Å²) < 4.78 is 29.6. The van der Waals surface area contributed by atoms with Crippen molar-refractivity contribution in [3.63, 3.8) is 0 Å². The van der Waals surface area contributed by atoms with E-state index in [1.54, 1.807) is 30.3 Å². The Morgan fingerprint density at radius 3 is 2.42 bits per heavy atom. The molecule has 5 rings (SSSR count). The first-order chi connectivity index (χ1) is 17.3. The molecule has 9 nitrogen and oxygen atoms in total. The molecule has 0 radical (unpaired) electrons. The van der Waals surface area contributed by atoms with Crippen LogP contribution < -0.4 is 9.62 Å². The smallest absolute Gasteiger partial charge is 0.264 e. The Labute approximate surface area is 215 Å². The van der Waals surface area contributed by atoms with Crippen molar-refractivity contribution in [2.24, 2.45) is 0 Å². The number of rotatable bonds is 6. The van der Waals surface area contributed by atoms with Crippen LogP contribution in [0, 0.1) is 0 Å². The molecule has 1 fully saturated rings. The first-order valence-corrected chi connectivity index (χ1v) is 13.4. The molecule has 1 amide bonds. The highest BCUT2D eigenvalue weighted by atomic mass is 35.5. The number of carbonyl (C=O) groups excluding carboxylic acids is 1. The number of nitrogens with zero attached hydrogens (tertiary/aromatic N) is 5. The molecule has 0 spiro atoms. The molecule has 1 N–H and O–H groups in total. The summed E-state index contributed by atoms with van der Waals surface area (Å²) in [6, 6.07) is 15.6. The third-order valence-corrected chi connectivity index (χ3v) is 7.93. The lowest BCUT2D eigenvalue weighted by Crippen LogP contribution is -2.50. The molecule has 1 saturated heterocycles. The fraction of sp³-hybridized carbons (Fsp3) is 0.240. The van der Waals surface area contributed by atoms with E-state index in [1.807, 2.05) is 46.9 Å². The van der Waals surface area contributed by atoms with Gasteiger partial charge in [0.2, 0.25) is 11.9 Å². The van der Waals surface area contributed by atoms with Crippen LogP contribution in [-0.2, 0) is 14.8 Å². The SMILES string of the molecule is C[C@@H](C(=O)N1CCN(c2ccc(S(=O)(=O)Nc3ncccn3)cc2)CC1)n1ccc2ccc(Cl)cc21.[HH]. The second kappa shape index (κ2) is 9.79. The molecule has 1 aliphatic rings. The lowest BCUT2D eigenvalue weighted by molar-refractivity contribution is -0.134. The van der Waals surface area contributed by atoms with Gasteiger partial charge in [0, 0.05) is 56.9 Å². The third-order valence-electron chi connectivity index (χ3n) is 6.35. The molecule has 4 aromatic rings. The van der Waals surface area contributed by atoms with Gasteiger partial charge < -0.3 is 14.4 Å². The lowest BCUT2D eigenvalue weighted by atomic mass is 10.2. The van der Waals surface area contributed by atoms with Gasteiger partial charge in [-0.2, -0.15) is 0 Å². The summed E-state index contributed by atoms with van der Waals surface area (Å²) in [5.41, 5.74) is 1.83. The highest BCUT2D eigenvalue weighted by Crippen LogP contribution is 2.26. The molecule has 0 saturated carbocycles. The van der Waals surface area contributed by atoms with E-state index in [0.29, 0.717) is 31.2 Å². The number of amides is 1. The Morgan fingerprint density at radius 1 is 1.03 bits per heavy atom. The van der Waals surface area contributed by atoms with Crippen molar-refractivity contribution in [1.29, 1.82) is 0 Å². The quantitative estimate of drug-likeness (QED) is 0.407. The van der Waals surface area contributed by atoms with Crippen LogP contribution in [0.25, 0.3) is 10.9 Å². The van der Waals surface area contributed by atoms with Gasteiger partial charge in [0.25, 0.3) is 10.0 Å². The van der Waals surface area contributed by atoms with Gasteiger partial charge in [-0.1, -0.05) is 17.7 Å². The highest BCUT2D eigenvalue weighted by molar-refractivity contribution is 7.92. The molecule has 1 aliphatic heterocycles. The predicted octanol–water partition coefficient (Wildman–Crippen LogP) is 4.04. The normalized spacial score (nSPS) is 15.2. The van der Waals surface area contributed by atoms with Gasteiger partial charge in [-0.25, -0.2) is 23.1 Å². The first kappa shape index (κ1) is 24.1. The lowest BCUT2D eigenvalue weighted by Gasteiger charge is -2.37. The number of fused-ring (bicyclic) bond motifs is 1. The number of nitrogens with one attached hydrogen (secondary N) is 1. The van der Waals surface area contributed by atoms with Crippen LogP contribution in [0.5, 0.6) is 0 Å². The number of anilines is 2. The van der Waals surface area contributed by atoms with Crippen molar-refractivity contribution < 1.29 is 14.6 Å². The van der Waals surface area contributed by atoms with Crippen molar-refractivity contribution in [3.05, 3.63) is 78.2 Å². The zero-order valence-corrected chi connectivity index (χ0v) is 21.2. The number of carbonyl (C=O) groups is 1. The van der Waals surface area contributed by atoms with Crippen LogP contribution in [-0.4, -0.2) is 59.9 Å². The molecule has 0 bridgehead atoms.